The van der Waals surface area contributed by atoms with Crippen LogP contribution < -0.4 is 0 Å². The van der Waals surface area contributed by atoms with Gasteiger partial charge in [0.25, 0.3) is 0 Å². The number of aliphatic imine (C=N–C) groups is 1. The van der Waals surface area contributed by atoms with Gasteiger partial charge < -0.3 is 0 Å². The molecule has 0 heterocycles. The Morgan fingerprint density at radius 1 is 1.15 bits per heavy atom. The van der Waals surface area contributed by atoms with Crippen LogP contribution in [0, 0.1) is 0 Å². The van der Waals surface area contributed by atoms with Crippen molar-refractivity contribution in [3.05, 3.63) is 30.3 Å². The molecule has 0 N–H and O–H groups in total. The van der Waals surface area contributed by atoms with Gasteiger partial charge in [0.1, 0.15) is 0 Å². The van der Waals surface area contributed by atoms with Crippen LogP contribution >= 0.6 is 0 Å². The third kappa shape index (κ3) is 4.46. The zero-order valence-electron chi connectivity index (χ0n) is 8.24. The Bertz CT molecular complexity index is 239. The molecule has 1 heteroatoms. The molecule has 1 aromatic rings. The number of hydrogen-bond donors (Lipinski definition) is 0. The van der Waals surface area contributed by atoms with E-state index in [4.69, 9.17) is 0 Å². The maximum Gasteiger partial charge on any atom is 0.0625 e. The Morgan fingerprint density at radius 2 is 1.92 bits per heavy atom. The molecule has 0 fully saturated rings. The van der Waals surface area contributed by atoms with Crippen molar-refractivity contribution in [2.45, 2.75) is 32.6 Å². The van der Waals surface area contributed by atoms with Gasteiger partial charge in [0.15, 0.2) is 0 Å². The molecule has 0 bridgehead atoms. The topological polar surface area (TPSA) is 12.4 Å². The van der Waals surface area contributed by atoms with Crippen LogP contribution in [0.2, 0.25) is 0 Å². The fourth-order valence-corrected chi connectivity index (χ4v) is 1.17. The average molecular weight is 175 g/mol. The molecule has 70 valence electrons. The van der Waals surface area contributed by atoms with Gasteiger partial charge in [-0.25, -0.2) is 0 Å². The monoisotopic (exact) mass is 175 g/mol. The Balaban J connectivity index is 2.25. The third-order valence-corrected chi connectivity index (χ3v) is 1.93. The molecule has 1 nitrogen and oxygen atoms in total. The minimum Gasteiger partial charge on any atom is -0.261 e. The van der Waals surface area contributed by atoms with Crippen LogP contribution in [0.25, 0.3) is 0 Å². The lowest BCUT2D eigenvalue weighted by Gasteiger charge is -1.92. The zero-order chi connectivity index (χ0) is 9.36. The first kappa shape index (κ1) is 9.97. The summed E-state index contributed by atoms with van der Waals surface area (Å²) in [4.78, 5) is 4.35. The van der Waals surface area contributed by atoms with Crippen LogP contribution in [0.3, 0.4) is 0 Å². The summed E-state index contributed by atoms with van der Waals surface area (Å²) in [6.45, 7) is 2.22. The molecule has 1 aromatic carbocycles. The maximum atomic E-state index is 4.35. The average Bonchev–Trinajstić information content (AvgIpc) is 2.19. The van der Waals surface area contributed by atoms with Gasteiger partial charge in [-0.15, -0.1) is 0 Å². The molecular formula is C12H17N. The van der Waals surface area contributed by atoms with E-state index in [0.29, 0.717) is 0 Å². The van der Waals surface area contributed by atoms with E-state index in [-0.39, 0.29) is 0 Å². The van der Waals surface area contributed by atoms with Crippen molar-refractivity contribution >= 4 is 11.9 Å². The van der Waals surface area contributed by atoms with E-state index in [1.165, 1.54) is 19.3 Å². The number of benzene rings is 1. The van der Waals surface area contributed by atoms with Crippen molar-refractivity contribution in [1.29, 1.82) is 0 Å². The van der Waals surface area contributed by atoms with E-state index in [2.05, 4.69) is 11.9 Å². The highest BCUT2D eigenvalue weighted by atomic mass is 14.7. The number of para-hydroxylation sites is 1. The molecule has 0 radical (unpaired) electrons. The Kier molecular flexibility index (Phi) is 4.92. The molecular weight excluding hydrogens is 158 g/mol. The number of nitrogens with zero attached hydrogens (tertiary/aromatic N) is 1. The van der Waals surface area contributed by atoms with Crippen molar-refractivity contribution in [1.82, 2.24) is 0 Å². The second kappa shape index (κ2) is 6.41. The summed E-state index contributed by atoms with van der Waals surface area (Å²) < 4.78 is 0. The van der Waals surface area contributed by atoms with E-state index in [0.717, 1.165) is 12.1 Å². The molecule has 1 rings (SSSR count). The van der Waals surface area contributed by atoms with E-state index >= 15 is 0 Å². The number of unbranched alkanes of at least 4 members (excludes halogenated alkanes) is 3. The fourth-order valence-electron chi connectivity index (χ4n) is 1.17. The quantitative estimate of drug-likeness (QED) is 0.474. The first-order valence-electron chi connectivity index (χ1n) is 5.01. The van der Waals surface area contributed by atoms with E-state index in [9.17, 15) is 0 Å². The van der Waals surface area contributed by atoms with Gasteiger partial charge in [-0.2, -0.15) is 0 Å². The first-order chi connectivity index (χ1) is 6.43. The van der Waals surface area contributed by atoms with Gasteiger partial charge >= 0.3 is 0 Å². The van der Waals surface area contributed by atoms with E-state index in [1.54, 1.807) is 0 Å². The molecule has 0 aliphatic heterocycles. The normalized spacial score (nSPS) is 10.8. The molecule has 0 saturated carbocycles. The molecule has 0 atom stereocenters. The van der Waals surface area contributed by atoms with Gasteiger partial charge in [0.05, 0.1) is 5.69 Å². The van der Waals surface area contributed by atoms with Crippen LogP contribution in [0.4, 0.5) is 5.69 Å². The van der Waals surface area contributed by atoms with Gasteiger partial charge in [0.2, 0.25) is 0 Å². The minimum atomic E-state index is 1.05. The summed E-state index contributed by atoms with van der Waals surface area (Å²) in [5, 5.41) is 0. The summed E-state index contributed by atoms with van der Waals surface area (Å²) >= 11 is 0. The third-order valence-electron chi connectivity index (χ3n) is 1.93. The molecule has 0 saturated heterocycles. The van der Waals surface area contributed by atoms with E-state index in [1.807, 2.05) is 36.5 Å². The molecule has 13 heavy (non-hydrogen) atoms. The van der Waals surface area contributed by atoms with E-state index < -0.39 is 0 Å². The predicted molar refractivity (Wildman–Crippen MR) is 58.7 cm³/mol. The predicted octanol–water partition coefficient (Wildman–Crippen LogP) is 3.97. The lowest BCUT2D eigenvalue weighted by atomic mass is 10.2. The standard InChI is InChI=1S/C12H17N/c1-2-3-4-8-11-13-12-9-6-5-7-10-12/h5-7,9-11H,2-4,8H2,1H3. The highest BCUT2D eigenvalue weighted by molar-refractivity contribution is 5.62. The molecule has 0 spiro atoms. The van der Waals surface area contributed by atoms with Crippen LogP contribution in [-0.2, 0) is 0 Å². The van der Waals surface area contributed by atoms with Crippen LogP contribution in [0.15, 0.2) is 35.3 Å². The summed E-state index contributed by atoms with van der Waals surface area (Å²) in [6, 6.07) is 10.1. The largest absolute Gasteiger partial charge is 0.261 e. The number of rotatable bonds is 5. The van der Waals surface area contributed by atoms with Gasteiger partial charge in [-0.1, -0.05) is 38.0 Å². The second-order valence-corrected chi connectivity index (χ2v) is 3.14. The van der Waals surface area contributed by atoms with Crippen molar-refractivity contribution in [3.63, 3.8) is 0 Å². The lowest BCUT2D eigenvalue weighted by molar-refractivity contribution is 0.746. The summed E-state index contributed by atoms with van der Waals surface area (Å²) in [6.07, 6.45) is 6.96. The molecule has 0 aliphatic rings. The highest BCUT2D eigenvalue weighted by Gasteiger charge is 1.84. The fraction of sp³-hybridized carbons (Fsp3) is 0.417. The first-order valence-corrected chi connectivity index (χ1v) is 5.01. The van der Waals surface area contributed by atoms with Gasteiger partial charge in [-0.05, 0) is 25.0 Å². The SMILES string of the molecule is CCCCCC=Nc1ccccc1. The summed E-state index contributed by atoms with van der Waals surface area (Å²) in [5.41, 5.74) is 1.05. The van der Waals surface area contributed by atoms with Crippen LogP contribution in [-0.4, -0.2) is 6.21 Å². The Morgan fingerprint density at radius 3 is 2.62 bits per heavy atom. The summed E-state index contributed by atoms with van der Waals surface area (Å²) in [5.74, 6) is 0. The Hall–Kier alpha value is -1.11. The van der Waals surface area contributed by atoms with Crippen molar-refractivity contribution in [3.8, 4) is 0 Å². The smallest absolute Gasteiger partial charge is 0.0625 e. The lowest BCUT2D eigenvalue weighted by Crippen LogP contribution is -1.76. The maximum absolute atomic E-state index is 4.35. The molecule has 0 unspecified atom stereocenters. The summed E-state index contributed by atoms with van der Waals surface area (Å²) in [7, 11) is 0. The molecule has 0 aromatic heterocycles. The minimum absolute atomic E-state index is 1.05. The molecule has 0 amide bonds. The molecule has 0 aliphatic carbocycles. The second-order valence-electron chi connectivity index (χ2n) is 3.14. The van der Waals surface area contributed by atoms with Gasteiger partial charge in [-0.3, -0.25) is 4.99 Å². The zero-order valence-corrected chi connectivity index (χ0v) is 8.24. The van der Waals surface area contributed by atoms with Crippen molar-refractivity contribution in [2.75, 3.05) is 0 Å². The van der Waals surface area contributed by atoms with Crippen molar-refractivity contribution < 1.29 is 0 Å². The number of hydrogen-bond acceptors (Lipinski definition) is 1. The van der Waals surface area contributed by atoms with Gasteiger partial charge in [0, 0.05) is 6.21 Å². The van der Waals surface area contributed by atoms with Crippen LogP contribution in [0.1, 0.15) is 32.6 Å². The Labute approximate surface area is 80.5 Å². The highest BCUT2D eigenvalue weighted by Crippen LogP contribution is 2.09. The van der Waals surface area contributed by atoms with Crippen molar-refractivity contribution in [2.24, 2.45) is 4.99 Å². The van der Waals surface area contributed by atoms with Crippen LogP contribution in [0.5, 0.6) is 0 Å².